The number of nitro groups is 2. The second-order valence-corrected chi connectivity index (χ2v) is 8.71. The van der Waals surface area contributed by atoms with E-state index in [2.05, 4.69) is 6.07 Å². The molecule has 0 spiro atoms. The van der Waals surface area contributed by atoms with E-state index in [1.165, 1.54) is 18.2 Å². The van der Waals surface area contributed by atoms with Crippen LogP contribution in [0.15, 0.2) is 96.3 Å². The summed E-state index contributed by atoms with van der Waals surface area (Å²) in [5.41, 5.74) is 1.20. The first-order valence-electron chi connectivity index (χ1n) is 11.9. The molecular weight excluding hydrogens is 522 g/mol. The average Bonchev–Trinajstić information content (AvgIpc) is 2.95. The molecule has 4 rings (SSSR count). The van der Waals surface area contributed by atoms with Crippen molar-refractivity contribution < 1.29 is 27.9 Å². The lowest BCUT2D eigenvalue weighted by molar-refractivity contribution is -0.494. The number of allylic oxidation sites excluding steroid dienone is 10. The van der Waals surface area contributed by atoms with Crippen LogP contribution >= 0.6 is 0 Å². The van der Waals surface area contributed by atoms with Crippen LogP contribution in [0.3, 0.4) is 0 Å². The zero-order valence-corrected chi connectivity index (χ0v) is 21.1. The van der Waals surface area contributed by atoms with Crippen LogP contribution in [0.25, 0.3) is 11.3 Å². The number of halogens is 2. The number of benzene rings is 2. The first kappa shape index (κ1) is 27.5. The Morgan fingerprint density at radius 1 is 0.900 bits per heavy atom. The quantitative estimate of drug-likeness (QED) is 0.234. The van der Waals surface area contributed by atoms with Gasteiger partial charge in [-0.2, -0.15) is 14.0 Å². The maximum Gasteiger partial charge on any atom is 0.305 e. The molecule has 1 aliphatic carbocycles. The first-order chi connectivity index (χ1) is 19.2. The molecule has 200 valence electrons. The number of ether oxygens (including phenoxy) is 1. The third-order valence-electron chi connectivity index (χ3n) is 6.05. The summed E-state index contributed by atoms with van der Waals surface area (Å²) in [7, 11) is 1.88. The highest BCUT2D eigenvalue weighted by molar-refractivity contribution is 6.02. The zero-order chi connectivity index (χ0) is 28.8. The Morgan fingerprint density at radius 3 is 2.10 bits per heavy atom. The second-order valence-electron chi connectivity index (χ2n) is 8.71. The van der Waals surface area contributed by atoms with Crippen molar-refractivity contribution >= 4 is 28.4 Å². The van der Waals surface area contributed by atoms with Crippen LogP contribution in [0.4, 0.5) is 20.2 Å². The van der Waals surface area contributed by atoms with Gasteiger partial charge >= 0.3 is 11.4 Å². The van der Waals surface area contributed by atoms with Gasteiger partial charge in [0.15, 0.2) is 12.3 Å². The third kappa shape index (κ3) is 6.31. The summed E-state index contributed by atoms with van der Waals surface area (Å²) in [4.78, 5) is 20.9. The van der Waals surface area contributed by atoms with E-state index in [-0.39, 0.29) is 17.1 Å². The van der Waals surface area contributed by atoms with Gasteiger partial charge in [0.2, 0.25) is 11.6 Å². The van der Waals surface area contributed by atoms with Gasteiger partial charge in [0.1, 0.15) is 18.6 Å². The van der Waals surface area contributed by atoms with E-state index >= 15 is 0 Å². The van der Waals surface area contributed by atoms with Gasteiger partial charge in [0, 0.05) is 29.8 Å². The molecule has 0 amide bonds. The Morgan fingerprint density at radius 2 is 1.50 bits per heavy atom. The fourth-order valence-corrected chi connectivity index (χ4v) is 3.92. The van der Waals surface area contributed by atoms with Crippen molar-refractivity contribution in [3.05, 3.63) is 139 Å². The predicted octanol–water partition coefficient (Wildman–Crippen LogP) is 6.17. The minimum Gasteiger partial charge on any atom is -0.457 e. The van der Waals surface area contributed by atoms with Gasteiger partial charge < -0.3 is 4.74 Å². The van der Waals surface area contributed by atoms with Crippen molar-refractivity contribution in [1.29, 1.82) is 5.26 Å². The summed E-state index contributed by atoms with van der Waals surface area (Å²) < 4.78 is 35.8. The van der Waals surface area contributed by atoms with Crippen LogP contribution < -0.4 is 0 Å². The van der Waals surface area contributed by atoms with Crippen LogP contribution in [-0.2, 0) is 4.74 Å². The second kappa shape index (κ2) is 11.9. The van der Waals surface area contributed by atoms with Gasteiger partial charge in [-0.15, -0.1) is 0 Å². The molecule has 0 aromatic heterocycles. The minimum atomic E-state index is -1.01. The Kier molecular flexibility index (Phi) is 8.20. The van der Waals surface area contributed by atoms with Gasteiger partial charge in [0.25, 0.3) is 0 Å². The first-order valence-corrected chi connectivity index (χ1v) is 11.9. The Bertz CT molecular complexity index is 1660. The molecule has 0 saturated carbocycles. The summed E-state index contributed by atoms with van der Waals surface area (Å²) in [6, 6.07) is 8.82. The molecule has 40 heavy (non-hydrogen) atoms. The van der Waals surface area contributed by atoms with Crippen LogP contribution in [-0.4, -0.2) is 33.7 Å². The van der Waals surface area contributed by atoms with E-state index < -0.39 is 32.9 Å². The van der Waals surface area contributed by atoms with Gasteiger partial charge in [-0.1, -0.05) is 12.1 Å². The zero-order valence-electron chi connectivity index (χ0n) is 21.1. The van der Waals surface area contributed by atoms with E-state index in [0.717, 1.165) is 35.6 Å². The molecule has 2 aromatic carbocycles. The lowest BCUT2D eigenvalue weighted by atomic mass is 9.99. The van der Waals surface area contributed by atoms with Crippen molar-refractivity contribution in [3.8, 4) is 6.07 Å². The van der Waals surface area contributed by atoms with Gasteiger partial charge in [-0.05, 0) is 65.3 Å². The number of nitrogens with zero attached hydrogens (tertiary/aromatic N) is 4. The van der Waals surface area contributed by atoms with E-state index in [9.17, 15) is 29.0 Å². The number of hydrogen-bond donors (Lipinski definition) is 0. The number of rotatable bonds is 7. The molecule has 11 heteroatoms. The molecule has 2 aromatic rings. The summed E-state index contributed by atoms with van der Waals surface area (Å²) in [5.74, 6) is -1.60. The van der Waals surface area contributed by atoms with Crippen molar-refractivity contribution in [2.24, 2.45) is 0 Å². The predicted molar refractivity (Wildman–Crippen MR) is 144 cm³/mol. The molecule has 0 N–H and O–H groups in total. The molecule has 0 fully saturated rings. The molecule has 9 nitrogen and oxygen atoms in total. The fourth-order valence-electron chi connectivity index (χ4n) is 3.92. The molecule has 0 bridgehead atoms. The highest BCUT2D eigenvalue weighted by Crippen LogP contribution is 2.35. The molecule has 0 radical (unpaired) electrons. The van der Waals surface area contributed by atoms with Gasteiger partial charge in [-0.25, -0.2) is 4.58 Å². The standard InChI is InChI=1S/C29H21F2N4O5/c1-33(14-2-13-32)23-8-3-19(4-9-23)5-10-24-15-22(20-6-11-25(30)27(16-20)34(36)37)18-29(40-24)21-7-12-26(31)28(17-21)35(38)39/h3-12,15-18H,2,14H2,1H3/q+1/b19-5?,24-10+,33-23?. The Balaban J connectivity index is 1.74. The maximum atomic E-state index is 14.0. The van der Waals surface area contributed by atoms with Crippen LogP contribution in [0.2, 0.25) is 0 Å². The normalized spacial score (nSPS) is 15.2. The maximum absolute atomic E-state index is 14.0. The fraction of sp³-hybridized carbons (Fsp3) is 0.103. The molecule has 0 unspecified atom stereocenters. The number of nitriles is 1. The molecule has 0 saturated heterocycles. The molecule has 0 atom stereocenters. The largest absolute Gasteiger partial charge is 0.457 e. The molecular formula is C29H21F2N4O5+. The Labute approximate surface area is 227 Å². The summed E-state index contributed by atoms with van der Waals surface area (Å²) in [6.07, 6.45) is 14.4. The molecule has 1 aliphatic heterocycles. The molecule has 2 aliphatic rings. The van der Waals surface area contributed by atoms with Crippen LogP contribution in [0.1, 0.15) is 17.5 Å². The Hall–Kier alpha value is -5.50. The number of hydrogen-bond acceptors (Lipinski definition) is 6. The summed E-state index contributed by atoms with van der Waals surface area (Å²) in [5, 5.41) is 31.3. The monoisotopic (exact) mass is 543 g/mol. The SMILES string of the molecule is C[N+](CCC#N)=C1C=CC(=C/C=C2\C=C(c3ccc(F)c([N+](=O)[O-])c3)C=C(c3ccc(F)c([N+](=O)[O-])c3)O2)C=C1. The minimum absolute atomic E-state index is 0.127. The van der Waals surface area contributed by atoms with Gasteiger partial charge in [-0.3, -0.25) is 20.2 Å². The molecule has 1 heterocycles. The van der Waals surface area contributed by atoms with Crippen molar-refractivity contribution in [2.45, 2.75) is 6.42 Å². The summed E-state index contributed by atoms with van der Waals surface area (Å²) >= 11 is 0. The van der Waals surface area contributed by atoms with Gasteiger partial charge in [0.05, 0.1) is 22.3 Å². The van der Waals surface area contributed by atoms with Crippen molar-refractivity contribution in [1.82, 2.24) is 0 Å². The smallest absolute Gasteiger partial charge is 0.305 e. The lowest BCUT2D eigenvalue weighted by Gasteiger charge is -2.18. The third-order valence-corrected chi connectivity index (χ3v) is 6.05. The van der Waals surface area contributed by atoms with E-state index in [4.69, 9.17) is 10.00 Å². The van der Waals surface area contributed by atoms with Crippen molar-refractivity contribution in [2.75, 3.05) is 13.6 Å². The number of nitro benzene ring substituents is 2. The summed E-state index contributed by atoms with van der Waals surface area (Å²) in [6.45, 7) is 0.587. The topological polar surface area (TPSA) is 122 Å². The highest BCUT2D eigenvalue weighted by Gasteiger charge is 2.22. The van der Waals surface area contributed by atoms with Crippen molar-refractivity contribution in [3.63, 3.8) is 0 Å². The lowest BCUT2D eigenvalue weighted by Crippen LogP contribution is -2.16. The highest BCUT2D eigenvalue weighted by atomic mass is 19.1. The van der Waals surface area contributed by atoms with E-state index in [1.54, 1.807) is 18.2 Å². The van der Waals surface area contributed by atoms with E-state index in [0.29, 0.717) is 24.1 Å². The van der Waals surface area contributed by atoms with E-state index in [1.807, 2.05) is 35.9 Å². The van der Waals surface area contributed by atoms with Crippen LogP contribution in [0, 0.1) is 43.2 Å². The average molecular weight is 544 g/mol. The van der Waals surface area contributed by atoms with Crippen LogP contribution in [0.5, 0.6) is 0 Å².